The predicted molar refractivity (Wildman–Crippen MR) is 90.0 cm³/mol. The second-order valence-corrected chi connectivity index (χ2v) is 7.94. The van der Waals surface area contributed by atoms with Crippen molar-refractivity contribution in [2.24, 2.45) is 0 Å². The summed E-state index contributed by atoms with van der Waals surface area (Å²) in [6.45, 7) is 0.669. The summed E-state index contributed by atoms with van der Waals surface area (Å²) in [5.74, 6) is 1.07. The first kappa shape index (κ1) is 15.6. The predicted octanol–water partition coefficient (Wildman–Crippen LogP) is 2.62. The first-order valence-corrected chi connectivity index (χ1v) is 9.56. The van der Waals surface area contributed by atoms with E-state index < -0.39 is 9.84 Å². The minimum atomic E-state index is -3.21. The first-order valence-electron chi connectivity index (χ1n) is 6.79. The minimum Gasteiger partial charge on any atom is -0.364 e. The van der Waals surface area contributed by atoms with Gasteiger partial charge < -0.3 is 5.32 Å². The van der Waals surface area contributed by atoms with Crippen LogP contribution < -0.4 is 5.32 Å². The molecule has 118 valence electrons. The first-order chi connectivity index (χ1) is 11.0. The molecule has 1 N–H and O–H groups in total. The number of anilines is 1. The Bertz CT molecular complexity index is 891. The molecule has 0 saturated carbocycles. The lowest BCUT2D eigenvalue weighted by molar-refractivity contribution is 0.602. The van der Waals surface area contributed by atoms with Crippen LogP contribution in [-0.2, 0) is 16.4 Å². The summed E-state index contributed by atoms with van der Waals surface area (Å²) in [5, 5.41) is 13.2. The van der Waals surface area contributed by atoms with Crippen molar-refractivity contribution in [1.29, 1.82) is 0 Å². The van der Waals surface area contributed by atoms with E-state index in [0.29, 0.717) is 23.8 Å². The molecule has 6 nitrogen and oxygen atoms in total. The molecule has 23 heavy (non-hydrogen) atoms. The lowest BCUT2D eigenvalue weighted by Crippen LogP contribution is -2.03. The Morgan fingerprint density at radius 2 is 1.96 bits per heavy atom. The maximum atomic E-state index is 11.5. The van der Waals surface area contributed by atoms with Crippen LogP contribution in [0, 0.1) is 0 Å². The van der Waals surface area contributed by atoms with Gasteiger partial charge in [-0.25, -0.2) is 13.4 Å². The molecule has 2 aromatic heterocycles. The van der Waals surface area contributed by atoms with E-state index in [0.717, 1.165) is 0 Å². The molecule has 0 radical (unpaired) electrons. The van der Waals surface area contributed by atoms with Gasteiger partial charge in [0, 0.05) is 16.7 Å². The lowest BCUT2D eigenvalue weighted by atomic mass is 10.2. The van der Waals surface area contributed by atoms with E-state index in [9.17, 15) is 8.42 Å². The number of sulfone groups is 1. The van der Waals surface area contributed by atoms with Crippen LogP contribution >= 0.6 is 11.3 Å². The van der Waals surface area contributed by atoms with Gasteiger partial charge in [-0.1, -0.05) is 6.07 Å². The van der Waals surface area contributed by atoms with Gasteiger partial charge >= 0.3 is 0 Å². The Hall–Kier alpha value is -2.32. The van der Waals surface area contributed by atoms with Crippen LogP contribution in [0.25, 0.3) is 11.4 Å². The SMILES string of the molecule is CS(=O)(=O)c1ccc(-c2nncc(NCc3cccs3)n2)cc1. The largest absolute Gasteiger partial charge is 0.364 e. The Morgan fingerprint density at radius 3 is 2.61 bits per heavy atom. The van der Waals surface area contributed by atoms with Gasteiger partial charge in [0.15, 0.2) is 15.7 Å². The molecule has 0 fully saturated rings. The summed E-state index contributed by atoms with van der Waals surface area (Å²) in [6.07, 6.45) is 2.73. The van der Waals surface area contributed by atoms with Crippen molar-refractivity contribution in [2.75, 3.05) is 11.6 Å². The summed E-state index contributed by atoms with van der Waals surface area (Å²) in [4.78, 5) is 5.87. The molecule has 0 saturated heterocycles. The van der Waals surface area contributed by atoms with Crippen LogP contribution in [0.15, 0.2) is 52.9 Å². The molecule has 0 aliphatic heterocycles. The lowest BCUT2D eigenvalue weighted by Gasteiger charge is -2.05. The molecule has 3 aromatic rings. The molecule has 0 aliphatic carbocycles. The second-order valence-electron chi connectivity index (χ2n) is 4.89. The van der Waals surface area contributed by atoms with Crippen molar-refractivity contribution in [3.05, 3.63) is 52.9 Å². The maximum absolute atomic E-state index is 11.5. The number of nitrogens with zero attached hydrogens (tertiary/aromatic N) is 3. The normalized spacial score (nSPS) is 11.3. The van der Waals surface area contributed by atoms with Crippen LogP contribution in [0.2, 0.25) is 0 Å². The molecule has 0 amide bonds. The topological polar surface area (TPSA) is 84.8 Å². The average molecular weight is 346 g/mol. The molecule has 0 bridgehead atoms. The number of benzene rings is 1. The number of hydrogen-bond donors (Lipinski definition) is 1. The van der Waals surface area contributed by atoms with E-state index >= 15 is 0 Å². The molecule has 8 heteroatoms. The smallest absolute Gasteiger partial charge is 0.183 e. The van der Waals surface area contributed by atoms with Crippen molar-refractivity contribution < 1.29 is 8.42 Å². The van der Waals surface area contributed by atoms with E-state index in [1.807, 2.05) is 17.5 Å². The molecule has 0 atom stereocenters. The summed E-state index contributed by atoms with van der Waals surface area (Å²) in [5.41, 5.74) is 0.713. The second kappa shape index (κ2) is 6.43. The fraction of sp³-hybridized carbons (Fsp3) is 0.133. The van der Waals surface area contributed by atoms with E-state index in [2.05, 4.69) is 20.5 Å². The van der Waals surface area contributed by atoms with E-state index in [1.54, 1.807) is 41.8 Å². The van der Waals surface area contributed by atoms with Crippen molar-refractivity contribution in [1.82, 2.24) is 15.2 Å². The Labute approximate surface area is 138 Å². The van der Waals surface area contributed by atoms with Crippen molar-refractivity contribution in [3.8, 4) is 11.4 Å². The molecule has 0 aliphatic rings. The van der Waals surface area contributed by atoms with Gasteiger partial charge in [-0.3, -0.25) is 0 Å². The standard InChI is InChI=1S/C15H14N4O2S2/c1-23(20,21)13-6-4-11(5-7-13)15-18-14(10-17-19-15)16-9-12-3-2-8-22-12/h2-8,10H,9H2,1H3,(H,16,18,19). The molecule has 1 aromatic carbocycles. The highest BCUT2D eigenvalue weighted by molar-refractivity contribution is 7.90. The number of thiophene rings is 1. The molecule has 0 spiro atoms. The summed E-state index contributed by atoms with van der Waals surface area (Å²) in [7, 11) is -3.21. The Morgan fingerprint density at radius 1 is 1.17 bits per heavy atom. The zero-order valence-corrected chi connectivity index (χ0v) is 13.9. The van der Waals surface area contributed by atoms with Gasteiger partial charge in [0.25, 0.3) is 0 Å². The fourth-order valence-electron chi connectivity index (χ4n) is 1.95. The van der Waals surface area contributed by atoms with Gasteiger partial charge in [-0.15, -0.1) is 16.4 Å². The van der Waals surface area contributed by atoms with Gasteiger partial charge in [0.05, 0.1) is 17.6 Å². The van der Waals surface area contributed by atoms with Crippen molar-refractivity contribution in [2.45, 2.75) is 11.4 Å². The quantitative estimate of drug-likeness (QED) is 0.764. The molecule has 3 rings (SSSR count). The summed E-state index contributed by atoms with van der Waals surface area (Å²) < 4.78 is 23.0. The van der Waals surface area contributed by atoms with Crippen LogP contribution in [0.3, 0.4) is 0 Å². The Balaban J connectivity index is 1.79. The third-order valence-electron chi connectivity index (χ3n) is 3.12. The molecule has 0 unspecified atom stereocenters. The van der Waals surface area contributed by atoms with Gasteiger partial charge in [-0.2, -0.15) is 5.10 Å². The number of nitrogens with one attached hydrogen (secondary N) is 1. The van der Waals surface area contributed by atoms with Crippen LogP contribution in [0.4, 0.5) is 5.82 Å². The van der Waals surface area contributed by atoms with Crippen LogP contribution in [0.5, 0.6) is 0 Å². The molecular weight excluding hydrogens is 332 g/mol. The Kier molecular flexibility index (Phi) is 4.35. The van der Waals surface area contributed by atoms with Crippen molar-refractivity contribution in [3.63, 3.8) is 0 Å². The number of rotatable bonds is 5. The summed E-state index contributed by atoms with van der Waals surface area (Å²) in [6, 6.07) is 10.5. The highest BCUT2D eigenvalue weighted by Gasteiger charge is 2.09. The van der Waals surface area contributed by atoms with Gasteiger partial charge in [0.1, 0.15) is 5.82 Å². The monoisotopic (exact) mass is 346 g/mol. The maximum Gasteiger partial charge on any atom is 0.183 e. The van der Waals surface area contributed by atoms with E-state index in [4.69, 9.17) is 0 Å². The highest BCUT2D eigenvalue weighted by Crippen LogP contribution is 2.19. The summed E-state index contributed by atoms with van der Waals surface area (Å²) >= 11 is 1.66. The highest BCUT2D eigenvalue weighted by atomic mass is 32.2. The molecular formula is C15H14N4O2S2. The minimum absolute atomic E-state index is 0.265. The number of hydrogen-bond acceptors (Lipinski definition) is 7. The van der Waals surface area contributed by atoms with Crippen LogP contribution in [-0.4, -0.2) is 29.9 Å². The van der Waals surface area contributed by atoms with Crippen LogP contribution in [0.1, 0.15) is 4.88 Å². The van der Waals surface area contributed by atoms with E-state index in [1.165, 1.54) is 11.1 Å². The van der Waals surface area contributed by atoms with E-state index in [-0.39, 0.29) is 4.90 Å². The average Bonchev–Trinajstić information content (AvgIpc) is 3.06. The zero-order valence-electron chi connectivity index (χ0n) is 12.3. The molecule has 2 heterocycles. The third-order valence-corrected chi connectivity index (χ3v) is 5.13. The van der Waals surface area contributed by atoms with Gasteiger partial charge in [0.2, 0.25) is 0 Å². The fourth-order valence-corrected chi connectivity index (χ4v) is 3.23. The zero-order chi connectivity index (χ0) is 16.3. The van der Waals surface area contributed by atoms with Crippen molar-refractivity contribution >= 4 is 27.0 Å². The van der Waals surface area contributed by atoms with Gasteiger partial charge in [-0.05, 0) is 35.7 Å². The number of aromatic nitrogens is 3. The third kappa shape index (κ3) is 3.91.